The second kappa shape index (κ2) is 7.13. The van der Waals surface area contributed by atoms with Crippen LogP contribution in [0.3, 0.4) is 0 Å². The van der Waals surface area contributed by atoms with Gasteiger partial charge in [-0.1, -0.05) is 19.4 Å². The van der Waals surface area contributed by atoms with E-state index in [0.29, 0.717) is 16.7 Å². The molecule has 2 rings (SSSR count). The van der Waals surface area contributed by atoms with Crippen LogP contribution in [0.2, 0.25) is 0 Å². The van der Waals surface area contributed by atoms with Gasteiger partial charge in [-0.15, -0.1) is 0 Å². The van der Waals surface area contributed by atoms with Gasteiger partial charge in [0.25, 0.3) is 0 Å². The standard InChI is InChI=1S/C15H24N2O2S2/c1-3-20-15-6-4-5-14(15)17-21(18,19)13-8-7-11(2)12(9-13)10-16/h7-9,14-15,17H,3-6,10,16H2,1-2H3. The van der Waals surface area contributed by atoms with Crippen LogP contribution in [0.25, 0.3) is 0 Å². The van der Waals surface area contributed by atoms with Crippen LogP contribution in [0.4, 0.5) is 0 Å². The average molecular weight is 329 g/mol. The maximum absolute atomic E-state index is 12.6. The number of hydrogen-bond acceptors (Lipinski definition) is 4. The largest absolute Gasteiger partial charge is 0.326 e. The molecule has 0 saturated heterocycles. The van der Waals surface area contributed by atoms with Crippen molar-refractivity contribution < 1.29 is 8.42 Å². The predicted octanol–water partition coefficient (Wildman–Crippen LogP) is 2.41. The number of nitrogens with one attached hydrogen (secondary N) is 1. The lowest BCUT2D eigenvalue weighted by Gasteiger charge is -2.20. The monoisotopic (exact) mass is 328 g/mol. The number of aryl methyl sites for hydroxylation is 1. The summed E-state index contributed by atoms with van der Waals surface area (Å²) in [7, 11) is -3.46. The van der Waals surface area contributed by atoms with Crippen molar-refractivity contribution in [1.29, 1.82) is 0 Å². The first-order chi connectivity index (χ1) is 9.97. The molecular weight excluding hydrogens is 304 g/mol. The summed E-state index contributed by atoms with van der Waals surface area (Å²) >= 11 is 1.85. The number of nitrogens with two attached hydrogens (primary N) is 1. The van der Waals surface area contributed by atoms with Crippen molar-refractivity contribution in [3.05, 3.63) is 29.3 Å². The molecule has 1 fully saturated rings. The van der Waals surface area contributed by atoms with E-state index in [2.05, 4.69) is 11.6 Å². The van der Waals surface area contributed by atoms with Gasteiger partial charge in [-0.3, -0.25) is 0 Å². The fraction of sp³-hybridized carbons (Fsp3) is 0.600. The highest BCUT2D eigenvalue weighted by atomic mass is 32.2. The van der Waals surface area contributed by atoms with Crippen molar-refractivity contribution >= 4 is 21.8 Å². The summed E-state index contributed by atoms with van der Waals surface area (Å²) in [6.07, 6.45) is 3.10. The highest BCUT2D eigenvalue weighted by Crippen LogP contribution is 2.31. The van der Waals surface area contributed by atoms with Crippen molar-refractivity contribution in [1.82, 2.24) is 4.72 Å². The van der Waals surface area contributed by atoms with Gasteiger partial charge in [0.05, 0.1) is 4.90 Å². The van der Waals surface area contributed by atoms with Crippen molar-refractivity contribution in [3.63, 3.8) is 0 Å². The highest BCUT2D eigenvalue weighted by Gasteiger charge is 2.31. The molecule has 21 heavy (non-hydrogen) atoms. The molecule has 0 aromatic heterocycles. The van der Waals surface area contributed by atoms with Gasteiger partial charge in [0.2, 0.25) is 10.0 Å². The molecule has 1 aliphatic carbocycles. The van der Waals surface area contributed by atoms with Crippen molar-refractivity contribution in [2.75, 3.05) is 5.75 Å². The van der Waals surface area contributed by atoms with E-state index in [1.807, 2.05) is 24.8 Å². The van der Waals surface area contributed by atoms with E-state index in [0.717, 1.165) is 36.1 Å². The molecule has 2 atom stereocenters. The number of thioether (sulfide) groups is 1. The van der Waals surface area contributed by atoms with Gasteiger partial charge in [0.1, 0.15) is 0 Å². The highest BCUT2D eigenvalue weighted by molar-refractivity contribution is 8.00. The van der Waals surface area contributed by atoms with E-state index in [1.54, 1.807) is 12.1 Å². The molecule has 1 aliphatic rings. The minimum atomic E-state index is -3.46. The van der Waals surface area contributed by atoms with E-state index < -0.39 is 10.0 Å². The Hall–Kier alpha value is -0.560. The molecule has 1 saturated carbocycles. The normalized spacial score (nSPS) is 22.6. The molecule has 4 nitrogen and oxygen atoms in total. The van der Waals surface area contributed by atoms with E-state index in [9.17, 15) is 8.42 Å². The van der Waals surface area contributed by atoms with E-state index in [-0.39, 0.29) is 6.04 Å². The van der Waals surface area contributed by atoms with Gasteiger partial charge in [-0.05, 0) is 48.8 Å². The molecule has 1 aromatic rings. The summed E-state index contributed by atoms with van der Waals surface area (Å²) in [6.45, 7) is 4.41. The Morgan fingerprint density at radius 3 is 2.81 bits per heavy atom. The first-order valence-corrected chi connectivity index (χ1v) is 9.94. The Bertz CT molecular complexity index is 587. The zero-order valence-electron chi connectivity index (χ0n) is 12.6. The third kappa shape index (κ3) is 4.00. The van der Waals surface area contributed by atoms with Crippen LogP contribution in [-0.4, -0.2) is 25.5 Å². The van der Waals surface area contributed by atoms with Crippen LogP contribution in [0, 0.1) is 6.92 Å². The number of sulfonamides is 1. The molecule has 0 heterocycles. The summed E-state index contributed by atoms with van der Waals surface area (Å²) in [5.41, 5.74) is 7.57. The second-order valence-corrected chi connectivity index (χ2v) is 8.68. The van der Waals surface area contributed by atoms with Crippen LogP contribution in [0.1, 0.15) is 37.3 Å². The molecule has 0 amide bonds. The van der Waals surface area contributed by atoms with Gasteiger partial charge >= 0.3 is 0 Å². The summed E-state index contributed by atoms with van der Waals surface area (Å²) in [6, 6.07) is 5.22. The number of benzene rings is 1. The molecular formula is C15H24N2O2S2. The maximum Gasteiger partial charge on any atom is 0.240 e. The smallest absolute Gasteiger partial charge is 0.240 e. The molecule has 6 heteroatoms. The van der Waals surface area contributed by atoms with Crippen molar-refractivity contribution in [3.8, 4) is 0 Å². The summed E-state index contributed by atoms with van der Waals surface area (Å²) in [4.78, 5) is 0.320. The summed E-state index contributed by atoms with van der Waals surface area (Å²) < 4.78 is 28.0. The van der Waals surface area contributed by atoms with Gasteiger partial charge in [0, 0.05) is 17.8 Å². The zero-order chi connectivity index (χ0) is 15.5. The molecule has 0 spiro atoms. The Morgan fingerprint density at radius 2 is 2.14 bits per heavy atom. The molecule has 0 radical (unpaired) electrons. The molecule has 1 aromatic carbocycles. The SMILES string of the molecule is CCSC1CCCC1NS(=O)(=O)c1ccc(C)c(CN)c1. The quantitative estimate of drug-likeness (QED) is 0.841. The lowest BCUT2D eigenvalue weighted by atomic mass is 10.1. The zero-order valence-corrected chi connectivity index (χ0v) is 14.3. The first-order valence-electron chi connectivity index (χ1n) is 7.41. The lowest BCUT2D eigenvalue weighted by molar-refractivity contribution is 0.555. The fourth-order valence-corrected chi connectivity index (χ4v) is 5.42. The Labute approximate surface area is 131 Å². The minimum absolute atomic E-state index is 0.0441. The maximum atomic E-state index is 12.6. The van der Waals surface area contributed by atoms with Crippen LogP contribution < -0.4 is 10.5 Å². The van der Waals surface area contributed by atoms with Crippen LogP contribution in [0.5, 0.6) is 0 Å². The fourth-order valence-electron chi connectivity index (χ4n) is 2.78. The second-order valence-electron chi connectivity index (χ2n) is 5.44. The van der Waals surface area contributed by atoms with E-state index >= 15 is 0 Å². The molecule has 0 bridgehead atoms. The van der Waals surface area contributed by atoms with Gasteiger partial charge in [0.15, 0.2) is 0 Å². The van der Waals surface area contributed by atoms with Gasteiger partial charge in [-0.25, -0.2) is 13.1 Å². The summed E-state index contributed by atoms with van der Waals surface area (Å²) in [5, 5.41) is 0.393. The topological polar surface area (TPSA) is 72.2 Å². The molecule has 3 N–H and O–H groups in total. The predicted molar refractivity (Wildman–Crippen MR) is 89.0 cm³/mol. The average Bonchev–Trinajstić information content (AvgIpc) is 2.86. The molecule has 0 aliphatic heterocycles. The van der Waals surface area contributed by atoms with Crippen LogP contribution in [0.15, 0.2) is 23.1 Å². The molecule has 2 unspecified atom stereocenters. The van der Waals surface area contributed by atoms with E-state index in [4.69, 9.17) is 5.73 Å². The third-order valence-corrected chi connectivity index (χ3v) is 6.80. The van der Waals surface area contributed by atoms with Crippen LogP contribution in [-0.2, 0) is 16.6 Å². The minimum Gasteiger partial charge on any atom is -0.326 e. The Balaban J connectivity index is 2.18. The van der Waals surface area contributed by atoms with Crippen molar-refractivity contribution in [2.45, 2.75) is 55.8 Å². The number of hydrogen-bond donors (Lipinski definition) is 2. The lowest BCUT2D eigenvalue weighted by Crippen LogP contribution is -2.38. The first kappa shape index (κ1) is 16.8. The Morgan fingerprint density at radius 1 is 1.38 bits per heavy atom. The number of rotatable bonds is 6. The molecule has 118 valence electrons. The van der Waals surface area contributed by atoms with Gasteiger partial charge < -0.3 is 5.73 Å². The van der Waals surface area contributed by atoms with E-state index in [1.165, 1.54) is 0 Å². The third-order valence-electron chi connectivity index (χ3n) is 3.99. The van der Waals surface area contributed by atoms with Gasteiger partial charge in [-0.2, -0.15) is 11.8 Å². The van der Waals surface area contributed by atoms with Crippen LogP contribution >= 0.6 is 11.8 Å². The Kier molecular flexibility index (Phi) is 5.71. The van der Waals surface area contributed by atoms with Crippen molar-refractivity contribution in [2.24, 2.45) is 5.73 Å². The summed E-state index contributed by atoms with van der Waals surface area (Å²) in [5.74, 6) is 1.02.